The molecule has 1 amide bonds. The summed E-state index contributed by atoms with van der Waals surface area (Å²) >= 11 is 1.45. The van der Waals surface area contributed by atoms with E-state index in [1.54, 1.807) is 6.20 Å². The molecule has 2 rings (SSSR count). The van der Waals surface area contributed by atoms with Crippen LogP contribution in [0.3, 0.4) is 0 Å². The minimum absolute atomic E-state index is 0.0173. The summed E-state index contributed by atoms with van der Waals surface area (Å²) in [5.41, 5.74) is 1.77. The molecule has 4 nitrogen and oxygen atoms in total. The molecule has 94 valence electrons. The molecule has 0 saturated carbocycles. The average molecular weight is 261 g/mol. The first kappa shape index (κ1) is 12.7. The zero-order chi connectivity index (χ0) is 13.1. The van der Waals surface area contributed by atoms with Gasteiger partial charge in [-0.3, -0.25) is 9.78 Å². The molecule has 0 atom stereocenters. The Morgan fingerprint density at radius 1 is 1.39 bits per heavy atom. The molecule has 0 unspecified atom stereocenters. The summed E-state index contributed by atoms with van der Waals surface area (Å²) in [5, 5.41) is 3.44. The van der Waals surface area contributed by atoms with Crippen LogP contribution in [0.2, 0.25) is 0 Å². The highest BCUT2D eigenvalue weighted by Gasteiger charge is 2.14. The first-order chi connectivity index (χ1) is 8.58. The van der Waals surface area contributed by atoms with Crippen LogP contribution in [0.1, 0.15) is 19.5 Å². The largest absolute Gasteiger partial charge is 0.302 e. The highest BCUT2D eigenvalue weighted by atomic mass is 32.1. The molecule has 0 aromatic carbocycles. The number of aryl methyl sites for hydroxylation is 1. The molecule has 2 heterocycles. The van der Waals surface area contributed by atoms with Crippen molar-refractivity contribution in [2.75, 3.05) is 5.32 Å². The molecule has 0 radical (unpaired) electrons. The van der Waals surface area contributed by atoms with Crippen LogP contribution in [0, 0.1) is 12.8 Å². The molecule has 0 bridgehead atoms. The number of rotatable bonds is 3. The summed E-state index contributed by atoms with van der Waals surface area (Å²) in [6.07, 6.45) is 1.75. The fourth-order valence-corrected chi connectivity index (χ4v) is 2.38. The zero-order valence-electron chi connectivity index (χ0n) is 10.6. The van der Waals surface area contributed by atoms with E-state index < -0.39 is 0 Å². The van der Waals surface area contributed by atoms with Crippen LogP contribution in [0.4, 0.5) is 5.13 Å². The van der Waals surface area contributed by atoms with Gasteiger partial charge in [0.2, 0.25) is 5.91 Å². The van der Waals surface area contributed by atoms with Crippen molar-refractivity contribution in [1.82, 2.24) is 9.97 Å². The molecule has 0 saturated heterocycles. The number of nitrogens with zero attached hydrogens (tertiary/aromatic N) is 2. The van der Waals surface area contributed by atoms with E-state index in [0.29, 0.717) is 5.13 Å². The summed E-state index contributed by atoms with van der Waals surface area (Å²) in [6, 6.07) is 5.75. The quantitative estimate of drug-likeness (QED) is 0.923. The predicted octanol–water partition coefficient (Wildman–Crippen LogP) is 3.11. The summed E-state index contributed by atoms with van der Waals surface area (Å²) < 4.78 is 0. The van der Waals surface area contributed by atoms with Crippen molar-refractivity contribution in [3.8, 4) is 10.6 Å². The van der Waals surface area contributed by atoms with Crippen molar-refractivity contribution >= 4 is 22.4 Å². The van der Waals surface area contributed by atoms with Gasteiger partial charge in [0.15, 0.2) is 5.13 Å². The third-order valence-electron chi connectivity index (χ3n) is 2.45. The Morgan fingerprint density at radius 2 is 2.17 bits per heavy atom. The standard InChI is InChI=1S/C13H15N3OS/c1-8(2)12(17)16-13-15-9(3)11(18-13)10-6-4-5-7-14-10/h4-8H,1-3H3,(H,15,16,17). The minimum Gasteiger partial charge on any atom is -0.302 e. The van der Waals surface area contributed by atoms with Crippen molar-refractivity contribution in [2.24, 2.45) is 5.92 Å². The minimum atomic E-state index is -0.0486. The molecular formula is C13H15N3OS. The zero-order valence-corrected chi connectivity index (χ0v) is 11.4. The number of aromatic nitrogens is 2. The molecule has 0 aliphatic carbocycles. The van der Waals surface area contributed by atoms with E-state index in [-0.39, 0.29) is 11.8 Å². The van der Waals surface area contributed by atoms with Crippen molar-refractivity contribution in [3.05, 3.63) is 30.1 Å². The molecule has 0 aliphatic rings. The van der Waals surface area contributed by atoms with Gasteiger partial charge in [-0.1, -0.05) is 31.3 Å². The third-order valence-corrected chi connectivity index (χ3v) is 3.54. The van der Waals surface area contributed by atoms with Crippen LogP contribution in [-0.2, 0) is 4.79 Å². The number of anilines is 1. The average Bonchev–Trinajstić information content (AvgIpc) is 2.71. The number of amides is 1. The lowest BCUT2D eigenvalue weighted by atomic mass is 10.2. The fourth-order valence-electron chi connectivity index (χ4n) is 1.43. The molecular weight excluding hydrogens is 246 g/mol. The lowest BCUT2D eigenvalue weighted by molar-refractivity contribution is -0.118. The monoisotopic (exact) mass is 261 g/mol. The van der Waals surface area contributed by atoms with Crippen molar-refractivity contribution in [1.29, 1.82) is 0 Å². The Labute approximate surface area is 110 Å². The second kappa shape index (κ2) is 5.27. The number of hydrogen-bond acceptors (Lipinski definition) is 4. The first-order valence-electron chi connectivity index (χ1n) is 5.77. The molecule has 1 N–H and O–H groups in total. The second-order valence-corrected chi connectivity index (χ2v) is 5.29. The van der Waals surface area contributed by atoms with Crippen molar-refractivity contribution < 1.29 is 4.79 Å². The van der Waals surface area contributed by atoms with E-state index in [4.69, 9.17) is 0 Å². The fraction of sp³-hybridized carbons (Fsp3) is 0.308. The van der Waals surface area contributed by atoms with E-state index in [1.165, 1.54) is 11.3 Å². The summed E-state index contributed by atoms with van der Waals surface area (Å²) in [4.78, 5) is 21.3. The van der Waals surface area contributed by atoms with E-state index in [9.17, 15) is 4.79 Å². The van der Waals surface area contributed by atoms with Crippen LogP contribution in [0.5, 0.6) is 0 Å². The Hall–Kier alpha value is -1.75. The van der Waals surface area contributed by atoms with Gasteiger partial charge in [0.05, 0.1) is 16.3 Å². The van der Waals surface area contributed by atoms with E-state index in [2.05, 4.69) is 15.3 Å². The lowest BCUT2D eigenvalue weighted by Gasteiger charge is -2.02. The van der Waals surface area contributed by atoms with Crippen LogP contribution in [0.25, 0.3) is 10.6 Å². The van der Waals surface area contributed by atoms with Gasteiger partial charge in [-0.15, -0.1) is 0 Å². The Kier molecular flexibility index (Phi) is 3.72. The first-order valence-corrected chi connectivity index (χ1v) is 6.59. The van der Waals surface area contributed by atoms with Gasteiger partial charge in [-0.25, -0.2) is 4.98 Å². The smallest absolute Gasteiger partial charge is 0.228 e. The molecule has 2 aromatic heterocycles. The number of nitrogens with one attached hydrogen (secondary N) is 1. The Morgan fingerprint density at radius 3 is 2.78 bits per heavy atom. The van der Waals surface area contributed by atoms with Gasteiger partial charge in [0, 0.05) is 12.1 Å². The Balaban J connectivity index is 2.25. The van der Waals surface area contributed by atoms with E-state index >= 15 is 0 Å². The van der Waals surface area contributed by atoms with Gasteiger partial charge >= 0.3 is 0 Å². The van der Waals surface area contributed by atoms with Crippen LogP contribution in [0.15, 0.2) is 24.4 Å². The third kappa shape index (κ3) is 2.73. The van der Waals surface area contributed by atoms with Gasteiger partial charge < -0.3 is 5.32 Å². The molecule has 18 heavy (non-hydrogen) atoms. The van der Waals surface area contributed by atoms with Gasteiger partial charge in [0.25, 0.3) is 0 Å². The summed E-state index contributed by atoms with van der Waals surface area (Å²) in [7, 11) is 0. The molecule has 0 fully saturated rings. The molecule has 5 heteroatoms. The van der Waals surface area contributed by atoms with Crippen LogP contribution >= 0.6 is 11.3 Å². The number of thiazole rings is 1. The molecule has 0 spiro atoms. The lowest BCUT2D eigenvalue weighted by Crippen LogP contribution is -2.17. The number of carbonyl (C=O) groups is 1. The maximum absolute atomic E-state index is 11.6. The van der Waals surface area contributed by atoms with E-state index in [0.717, 1.165) is 16.3 Å². The van der Waals surface area contributed by atoms with Crippen LogP contribution < -0.4 is 5.32 Å². The highest BCUT2D eigenvalue weighted by molar-refractivity contribution is 7.19. The van der Waals surface area contributed by atoms with Crippen LogP contribution in [-0.4, -0.2) is 15.9 Å². The van der Waals surface area contributed by atoms with Gasteiger partial charge in [0.1, 0.15) is 0 Å². The number of carbonyl (C=O) groups excluding carboxylic acids is 1. The maximum Gasteiger partial charge on any atom is 0.228 e. The number of pyridine rings is 1. The van der Waals surface area contributed by atoms with E-state index in [1.807, 2.05) is 39.0 Å². The number of hydrogen-bond donors (Lipinski definition) is 1. The highest BCUT2D eigenvalue weighted by Crippen LogP contribution is 2.31. The second-order valence-electron chi connectivity index (χ2n) is 4.29. The van der Waals surface area contributed by atoms with Gasteiger partial charge in [-0.05, 0) is 19.1 Å². The summed E-state index contributed by atoms with van der Waals surface area (Å²) in [6.45, 7) is 5.64. The van der Waals surface area contributed by atoms with Crippen molar-refractivity contribution in [2.45, 2.75) is 20.8 Å². The maximum atomic E-state index is 11.6. The normalized spacial score (nSPS) is 10.7. The topological polar surface area (TPSA) is 54.9 Å². The predicted molar refractivity (Wildman–Crippen MR) is 73.5 cm³/mol. The Bertz CT molecular complexity index is 549. The summed E-state index contributed by atoms with van der Waals surface area (Å²) in [5.74, 6) is -0.0659. The molecule has 0 aliphatic heterocycles. The van der Waals surface area contributed by atoms with Gasteiger partial charge in [-0.2, -0.15) is 0 Å². The van der Waals surface area contributed by atoms with Crippen molar-refractivity contribution in [3.63, 3.8) is 0 Å². The molecule has 2 aromatic rings. The SMILES string of the molecule is Cc1nc(NC(=O)C(C)C)sc1-c1ccccn1.